The van der Waals surface area contributed by atoms with Crippen LogP contribution >= 0.6 is 11.8 Å². The van der Waals surface area contributed by atoms with E-state index in [0.29, 0.717) is 18.2 Å². The van der Waals surface area contributed by atoms with Gasteiger partial charge in [0.2, 0.25) is 11.8 Å². The van der Waals surface area contributed by atoms with Gasteiger partial charge in [-0.1, -0.05) is 42.1 Å². The van der Waals surface area contributed by atoms with Gasteiger partial charge in [-0.25, -0.2) is 4.98 Å². The SMILES string of the molecule is COc1ccc2nc(SCC(=O)N(CCC(N)=O)Cc3ccccc3)[nH]c2c1. The second kappa shape index (κ2) is 9.27. The molecule has 0 aliphatic rings. The van der Waals surface area contributed by atoms with Gasteiger partial charge >= 0.3 is 0 Å². The average Bonchev–Trinajstić information content (AvgIpc) is 3.11. The lowest BCUT2D eigenvalue weighted by molar-refractivity contribution is -0.129. The zero-order valence-electron chi connectivity index (χ0n) is 15.6. The van der Waals surface area contributed by atoms with Crippen molar-refractivity contribution in [2.75, 3.05) is 19.4 Å². The number of aromatic nitrogens is 2. The van der Waals surface area contributed by atoms with E-state index in [1.54, 1.807) is 12.0 Å². The fraction of sp³-hybridized carbons (Fsp3) is 0.250. The Morgan fingerprint density at radius 2 is 2.00 bits per heavy atom. The van der Waals surface area contributed by atoms with Crippen LogP contribution in [0, 0.1) is 0 Å². The molecule has 0 atom stereocenters. The fourth-order valence-corrected chi connectivity index (χ4v) is 3.51. The molecular formula is C20H22N4O3S. The Balaban J connectivity index is 1.66. The van der Waals surface area contributed by atoms with Crippen molar-refractivity contribution in [2.45, 2.75) is 18.1 Å². The van der Waals surface area contributed by atoms with Gasteiger partial charge in [-0.05, 0) is 17.7 Å². The number of imidazole rings is 1. The van der Waals surface area contributed by atoms with E-state index in [9.17, 15) is 9.59 Å². The number of nitrogens with two attached hydrogens (primary N) is 1. The summed E-state index contributed by atoms with van der Waals surface area (Å²) < 4.78 is 5.21. The highest BCUT2D eigenvalue weighted by atomic mass is 32.2. The largest absolute Gasteiger partial charge is 0.497 e. The molecule has 2 aromatic carbocycles. The number of carbonyl (C=O) groups is 2. The highest BCUT2D eigenvalue weighted by molar-refractivity contribution is 7.99. The number of H-pyrrole nitrogens is 1. The van der Waals surface area contributed by atoms with E-state index in [2.05, 4.69) is 9.97 Å². The third kappa shape index (κ3) is 5.26. The maximum absolute atomic E-state index is 12.7. The van der Waals surface area contributed by atoms with Gasteiger partial charge in [-0.15, -0.1) is 0 Å². The van der Waals surface area contributed by atoms with Gasteiger partial charge in [0.25, 0.3) is 0 Å². The summed E-state index contributed by atoms with van der Waals surface area (Å²) in [4.78, 5) is 33.2. The Morgan fingerprint density at radius 3 is 2.71 bits per heavy atom. The molecule has 0 saturated carbocycles. The molecule has 146 valence electrons. The van der Waals surface area contributed by atoms with Gasteiger partial charge in [0.05, 0.1) is 23.9 Å². The molecule has 2 amide bonds. The molecule has 0 unspecified atom stereocenters. The molecule has 0 spiro atoms. The third-order valence-electron chi connectivity index (χ3n) is 4.20. The standard InChI is InChI=1S/C20H22N4O3S/c1-27-15-7-8-16-17(11-15)23-20(22-16)28-13-19(26)24(10-9-18(21)25)12-14-5-3-2-4-6-14/h2-8,11H,9-10,12-13H2,1H3,(H2,21,25)(H,22,23). The van der Waals surface area contributed by atoms with Crippen molar-refractivity contribution < 1.29 is 14.3 Å². The molecule has 0 bridgehead atoms. The maximum atomic E-state index is 12.7. The molecule has 28 heavy (non-hydrogen) atoms. The number of rotatable bonds is 9. The number of amides is 2. The van der Waals surface area contributed by atoms with Crippen LogP contribution in [0.25, 0.3) is 11.0 Å². The first-order valence-electron chi connectivity index (χ1n) is 8.81. The first kappa shape index (κ1) is 19.8. The molecule has 1 heterocycles. The van der Waals surface area contributed by atoms with E-state index in [1.807, 2.05) is 48.5 Å². The van der Waals surface area contributed by atoms with Gasteiger partial charge in [-0.3, -0.25) is 9.59 Å². The second-order valence-corrected chi connectivity index (χ2v) is 7.19. The van der Waals surface area contributed by atoms with E-state index in [4.69, 9.17) is 10.5 Å². The van der Waals surface area contributed by atoms with Crippen LogP contribution in [-0.2, 0) is 16.1 Å². The first-order chi connectivity index (χ1) is 13.5. The Morgan fingerprint density at radius 1 is 1.21 bits per heavy atom. The number of aromatic amines is 1. The summed E-state index contributed by atoms with van der Waals surface area (Å²) in [5.74, 6) is 0.449. The number of fused-ring (bicyclic) bond motifs is 1. The quantitative estimate of drug-likeness (QED) is 0.540. The van der Waals surface area contributed by atoms with Gasteiger partial charge in [0.15, 0.2) is 5.16 Å². The van der Waals surface area contributed by atoms with E-state index >= 15 is 0 Å². The minimum Gasteiger partial charge on any atom is -0.497 e. The van der Waals surface area contributed by atoms with E-state index < -0.39 is 5.91 Å². The maximum Gasteiger partial charge on any atom is 0.233 e. The summed E-state index contributed by atoms with van der Waals surface area (Å²) in [5.41, 5.74) is 7.92. The van der Waals surface area contributed by atoms with Crippen molar-refractivity contribution in [1.82, 2.24) is 14.9 Å². The fourth-order valence-electron chi connectivity index (χ4n) is 2.72. The van der Waals surface area contributed by atoms with Gasteiger partial charge < -0.3 is 20.4 Å². The number of benzene rings is 2. The van der Waals surface area contributed by atoms with Gasteiger partial charge in [0.1, 0.15) is 5.75 Å². The predicted octanol–water partition coefficient (Wildman–Crippen LogP) is 2.57. The van der Waals surface area contributed by atoms with Crippen LogP contribution < -0.4 is 10.5 Å². The van der Waals surface area contributed by atoms with E-state index in [-0.39, 0.29) is 18.1 Å². The summed E-state index contributed by atoms with van der Waals surface area (Å²) in [6.07, 6.45) is 0.133. The monoisotopic (exact) mass is 398 g/mol. The number of methoxy groups -OCH3 is 1. The number of nitrogens with one attached hydrogen (secondary N) is 1. The minimum absolute atomic E-state index is 0.0758. The lowest BCUT2D eigenvalue weighted by atomic mass is 10.2. The molecule has 3 rings (SSSR count). The van der Waals surface area contributed by atoms with Crippen LogP contribution in [0.1, 0.15) is 12.0 Å². The summed E-state index contributed by atoms with van der Waals surface area (Å²) >= 11 is 1.33. The Kier molecular flexibility index (Phi) is 6.54. The Bertz CT molecular complexity index is 958. The number of hydrogen-bond acceptors (Lipinski definition) is 5. The highest BCUT2D eigenvalue weighted by Crippen LogP contribution is 2.23. The zero-order valence-corrected chi connectivity index (χ0v) is 16.4. The van der Waals surface area contributed by atoms with Crippen molar-refractivity contribution in [3.63, 3.8) is 0 Å². The topological polar surface area (TPSA) is 101 Å². The molecule has 0 aliphatic heterocycles. The molecule has 0 aliphatic carbocycles. The van der Waals surface area contributed by atoms with Crippen LogP contribution in [0.15, 0.2) is 53.7 Å². The number of hydrogen-bond donors (Lipinski definition) is 2. The summed E-state index contributed by atoms with van der Waals surface area (Å²) in [6, 6.07) is 15.2. The lowest BCUT2D eigenvalue weighted by Crippen LogP contribution is -2.34. The molecular weight excluding hydrogens is 376 g/mol. The highest BCUT2D eigenvalue weighted by Gasteiger charge is 2.16. The van der Waals surface area contributed by atoms with Crippen LogP contribution in [-0.4, -0.2) is 46.1 Å². The molecule has 7 nitrogen and oxygen atoms in total. The Labute approximate surface area is 167 Å². The van der Waals surface area contributed by atoms with Crippen LogP contribution in [0.2, 0.25) is 0 Å². The van der Waals surface area contributed by atoms with Crippen molar-refractivity contribution in [2.24, 2.45) is 5.73 Å². The number of primary amides is 1. The molecule has 0 saturated heterocycles. The molecule has 1 aromatic heterocycles. The summed E-state index contributed by atoms with van der Waals surface area (Å²) in [6.45, 7) is 0.728. The van der Waals surface area contributed by atoms with Crippen LogP contribution in [0.4, 0.5) is 0 Å². The van der Waals surface area contributed by atoms with E-state index in [0.717, 1.165) is 22.3 Å². The van der Waals surface area contributed by atoms with Crippen LogP contribution in [0.5, 0.6) is 5.75 Å². The van der Waals surface area contributed by atoms with Crippen LogP contribution in [0.3, 0.4) is 0 Å². The van der Waals surface area contributed by atoms with Gasteiger partial charge in [0, 0.05) is 25.6 Å². The summed E-state index contributed by atoms with van der Waals surface area (Å²) in [7, 11) is 1.61. The minimum atomic E-state index is -0.426. The molecule has 8 heteroatoms. The van der Waals surface area contributed by atoms with Gasteiger partial charge in [-0.2, -0.15) is 0 Å². The molecule has 3 N–H and O–H groups in total. The number of carbonyl (C=O) groups excluding carboxylic acids is 2. The smallest absolute Gasteiger partial charge is 0.233 e. The van der Waals surface area contributed by atoms with Crippen molar-refractivity contribution in [1.29, 1.82) is 0 Å². The second-order valence-electron chi connectivity index (χ2n) is 6.23. The normalized spacial score (nSPS) is 10.8. The average molecular weight is 398 g/mol. The summed E-state index contributed by atoms with van der Waals surface area (Å²) in [5, 5.41) is 0.658. The Hall–Kier alpha value is -3.00. The number of ether oxygens (including phenoxy) is 1. The third-order valence-corrected chi connectivity index (χ3v) is 5.05. The molecule has 0 radical (unpaired) electrons. The number of nitrogens with zero attached hydrogens (tertiary/aromatic N) is 2. The lowest BCUT2D eigenvalue weighted by Gasteiger charge is -2.22. The first-order valence-corrected chi connectivity index (χ1v) is 9.80. The predicted molar refractivity (Wildman–Crippen MR) is 109 cm³/mol. The molecule has 3 aromatic rings. The molecule has 0 fully saturated rings. The van der Waals surface area contributed by atoms with E-state index in [1.165, 1.54) is 11.8 Å². The number of thioether (sulfide) groups is 1. The van der Waals surface area contributed by atoms with Crippen molar-refractivity contribution in [3.8, 4) is 5.75 Å². The van der Waals surface area contributed by atoms with Crippen molar-refractivity contribution in [3.05, 3.63) is 54.1 Å². The van der Waals surface area contributed by atoms with Crippen molar-refractivity contribution >= 4 is 34.6 Å². The zero-order chi connectivity index (χ0) is 19.9.